The number of unbranched alkanes of at least 4 members (excludes halogenated alkanes) is 8. The van der Waals surface area contributed by atoms with Gasteiger partial charge >= 0.3 is 0 Å². The van der Waals surface area contributed by atoms with Crippen molar-refractivity contribution in [1.29, 1.82) is 0 Å². The summed E-state index contributed by atoms with van der Waals surface area (Å²) >= 11 is 0. The first-order valence-corrected chi connectivity index (χ1v) is 15.8. The van der Waals surface area contributed by atoms with Gasteiger partial charge in [0.05, 0.1) is 12.2 Å². The van der Waals surface area contributed by atoms with Gasteiger partial charge in [0.25, 0.3) is 0 Å². The molecular formula is C32H70O3. The lowest BCUT2D eigenvalue weighted by atomic mass is 9.92. The SMILES string of the molecule is CCCCC(CC)CO.CCCCCCC(C)O.CCCCCCC(O)CCC(CC)CCCC. The van der Waals surface area contributed by atoms with E-state index in [0.717, 1.165) is 31.6 Å². The summed E-state index contributed by atoms with van der Waals surface area (Å²) in [6.45, 7) is 15.5. The van der Waals surface area contributed by atoms with Crippen LogP contribution in [-0.2, 0) is 0 Å². The van der Waals surface area contributed by atoms with Crippen LogP contribution < -0.4 is 0 Å². The van der Waals surface area contributed by atoms with Crippen molar-refractivity contribution < 1.29 is 15.3 Å². The molecule has 0 aliphatic heterocycles. The van der Waals surface area contributed by atoms with Gasteiger partial charge in [0.15, 0.2) is 0 Å². The van der Waals surface area contributed by atoms with E-state index in [9.17, 15) is 5.11 Å². The zero-order chi connectivity index (χ0) is 27.2. The fraction of sp³-hybridized carbons (Fsp3) is 1.00. The summed E-state index contributed by atoms with van der Waals surface area (Å²) in [4.78, 5) is 0. The molecule has 3 nitrogen and oxygen atoms in total. The van der Waals surface area contributed by atoms with Gasteiger partial charge in [-0.25, -0.2) is 0 Å². The minimum atomic E-state index is -0.0955. The Morgan fingerprint density at radius 2 is 0.914 bits per heavy atom. The van der Waals surface area contributed by atoms with Crippen molar-refractivity contribution in [2.75, 3.05) is 6.61 Å². The van der Waals surface area contributed by atoms with Gasteiger partial charge in [-0.15, -0.1) is 0 Å². The van der Waals surface area contributed by atoms with Crippen molar-refractivity contribution in [3.8, 4) is 0 Å². The molecule has 4 atom stereocenters. The highest BCUT2D eigenvalue weighted by molar-refractivity contribution is 4.63. The molecule has 0 aliphatic carbocycles. The fourth-order valence-corrected chi connectivity index (χ4v) is 4.21. The Kier molecular flexibility index (Phi) is 38.1. The van der Waals surface area contributed by atoms with Gasteiger partial charge < -0.3 is 15.3 Å². The molecule has 0 heterocycles. The first-order chi connectivity index (χ1) is 16.9. The first kappa shape index (κ1) is 39.4. The van der Waals surface area contributed by atoms with E-state index in [1.807, 2.05) is 6.92 Å². The number of aliphatic hydroxyl groups is 3. The predicted molar refractivity (Wildman–Crippen MR) is 158 cm³/mol. The maximum Gasteiger partial charge on any atom is 0.0540 e. The van der Waals surface area contributed by atoms with Gasteiger partial charge in [0.2, 0.25) is 0 Å². The Morgan fingerprint density at radius 3 is 1.31 bits per heavy atom. The molecule has 0 amide bonds. The molecule has 0 aromatic rings. The van der Waals surface area contributed by atoms with Crippen LogP contribution >= 0.6 is 0 Å². The van der Waals surface area contributed by atoms with Crippen LogP contribution in [0.1, 0.15) is 177 Å². The van der Waals surface area contributed by atoms with Gasteiger partial charge in [-0.3, -0.25) is 0 Å². The smallest absolute Gasteiger partial charge is 0.0540 e. The Morgan fingerprint density at radius 1 is 0.457 bits per heavy atom. The Bertz CT molecular complexity index is 342. The molecule has 0 aliphatic rings. The van der Waals surface area contributed by atoms with Gasteiger partial charge in [0, 0.05) is 6.61 Å². The number of rotatable bonds is 22. The fourth-order valence-electron chi connectivity index (χ4n) is 4.21. The van der Waals surface area contributed by atoms with E-state index in [4.69, 9.17) is 10.2 Å². The van der Waals surface area contributed by atoms with E-state index in [2.05, 4.69) is 41.5 Å². The minimum absolute atomic E-state index is 0.0393. The summed E-state index contributed by atoms with van der Waals surface area (Å²) in [5.74, 6) is 1.41. The molecule has 0 aromatic heterocycles. The van der Waals surface area contributed by atoms with Crippen molar-refractivity contribution in [3.63, 3.8) is 0 Å². The van der Waals surface area contributed by atoms with Crippen molar-refractivity contribution >= 4 is 0 Å². The van der Waals surface area contributed by atoms with Crippen LogP contribution in [0, 0.1) is 11.8 Å². The van der Waals surface area contributed by atoms with E-state index in [-0.39, 0.29) is 12.2 Å². The lowest BCUT2D eigenvalue weighted by Gasteiger charge is -2.17. The van der Waals surface area contributed by atoms with Gasteiger partial charge in [-0.05, 0) is 50.9 Å². The summed E-state index contributed by atoms with van der Waals surface area (Å²) in [5.41, 5.74) is 0. The molecule has 0 aromatic carbocycles. The van der Waals surface area contributed by atoms with E-state index in [0.29, 0.717) is 12.5 Å². The van der Waals surface area contributed by atoms with Crippen molar-refractivity contribution in [2.45, 2.75) is 189 Å². The zero-order valence-corrected chi connectivity index (χ0v) is 25.5. The van der Waals surface area contributed by atoms with Crippen LogP contribution in [0.15, 0.2) is 0 Å². The average Bonchev–Trinajstić information content (AvgIpc) is 2.86. The van der Waals surface area contributed by atoms with Crippen molar-refractivity contribution in [1.82, 2.24) is 0 Å². The van der Waals surface area contributed by atoms with Crippen LogP contribution in [0.25, 0.3) is 0 Å². The third-order valence-electron chi connectivity index (χ3n) is 7.12. The van der Waals surface area contributed by atoms with Crippen LogP contribution in [0.3, 0.4) is 0 Å². The molecule has 216 valence electrons. The largest absolute Gasteiger partial charge is 0.396 e. The second kappa shape index (κ2) is 33.9. The molecule has 0 bridgehead atoms. The quantitative estimate of drug-likeness (QED) is 0.129. The second-order valence-corrected chi connectivity index (χ2v) is 10.8. The molecule has 4 unspecified atom stereocenters. The van der Waals surface area contributed by atoms with E-state index < -0.39 is 0 Å². The standard InChI is InChI=1S/C16H34O.2C8H18O/c1-4-7-9-10-12-16(17)14-13-15(6-3)11-8-5-2;1-3-4-5-6-7-8(2)9;1-3-5-6-8(4-2)7-9/h15-17H,4-14H2,1-3H3;2*8-9H,3-7H2,1-2H3. The van der Waals surface area contributed by atoms with Crippen LogP contribution in [0.4, 0.5) is 0 Å². The van der Waals surface area contributed by atoms with Gasteiger partial charge in [0.1, 0.15) is 0 Å². The maximum absolute atomic E-state index is 9.92. The summed E-state index contributed by atoms with van der Waals surface area (Å²) in [7, 11) is 0. The number of aliphatic hydroxyl groups excluding tert-OH is 3. The zero-order valence-electron chi connectivity index (χ0n) is 25.5. The topological polar surface area (TPSA) is 60.7 Å². The lowest BCUT2D eigenvalue weighted by Crippen LogP contribution is -2.10. The monoisotopic (exact) mass is 503 g/mol. The Balaban J connectivity index is -0.000000481. The average molecular weight is 503 g/mol. The van der Waals surface area contributed by atoms with Crippen molar-refractivity contribution in [3.05, 3.63) is 0 Å². The van der Waals surface area contributed by atoms with Crippen LogP contribution in [-0.4, -0.2) is 34.1 Å². The van der Waals surface area contributed by atoms with Gasteiger partial charge in [-0.1, -0.05) is 138 Å². The van der Waals surface area contributed by atoms with Crippen LogP contribution in [0.2, 0.25) is 0 Å². The molecule has 3 N–H and O–H groups in total. The maximum atomic E-state index is 9.92. The highest BCUT2D eigenvalue weighted by Crippen LogP contribution is 2.21. The van der Waals surface area contributed by atoms with Gasteiger partial charge in [-0.2, -0.15) is 0 Å². The lowest BCUT2D eigenvalue weighted by molar-refractivity contribution is 0.140. The van der Waals surface area contributed by atoms with E-state index >= 15 is 0 Å². The minimum Gasteiger partial charge on any atom is -0.396 e. The summed E-state index contributed by atoms with van der Waals surface area (Å²) in [6.07, 6.45) is 24.4. The molecule has 0 saturated carbocycles. The molecule has 3 heteroatoms. The highest BCUT2D eigenvalue weighted by atomic mass is 16.3. The third-order valence-corrected chi connectivity index (χ3v) is 7.12. The molecule has 0 fully saturated rings. The summed E-state index contributed by atoms with van der Waals surface area (Å²) in [6, 6.07) is 0. The Labute approximate surface area is 222 Å². The predicted octanol–water partition coefficient (Wildman–Crippen LogP) is 9.85. The van der Waals surface area contributed by atoms with Crippen molar-refractivity contribution in [2.24, 2.45) is 11.8 Å². The summed E-state index contributed by atoms with van der Waals surface area (Å²) in [5, 5.41) is 27.5. The molecule has 0 spiro atoms. The summed E-state index contributed by atoms with van der Waals surface area (Å²) < 4.78 is 0. The van der Waals surface area contributed by atoms with E-state index in [1.165, 1.54) is 103 Å². The molecule has 35 heavy (non-hydrogen) atoms. The number of hydrogen-bond acceptors (Lipinski definition) is 3. The molecule has 0 saturated heterocycles. The molecule has 0 rings (SSSR count). The first-order valence-electron chi connectivity index (χ1n) is 15.8. The number of hydrogen-bond donors (Lipinski definition) is 3. The van der Waals surface area contributed by atoms with E-state index in [1.54, 1.807) is 0 Å². The Hall–Kier alpha value is -0.120. The molecular weight excluding hydrogens is 432 g/mol. The highest BCUT2D eigenvalue weighted by Gasteiger charge is 2.10. The second-order valence-electron chi connectivity index (χ2n) is 10.8. The third kappa shape index (κ3) is 36.1. The van der Waals surface area contributed by atoms with Crippen LogP contribution in [0.5, 0.6) is 0 Å². The molecule has 0 radical (unpaired) electrons. The normalized spacial score (nSPS) is 14.2.